The Morgan fingerprint density at radius 2 is 1.42 bits per heavy atom. The Balaban J connectivity index is 2.02. The Bertz CT molecular complexity index is 2010. The number of fused-ring (bicyclic) bond motifs is 1. The summed E-state index contributed by atoms with van der Waals surface area (Å²) in [5.41, 5.74) is -2.25. The average molecular weight is 672 g/mol. The first-order valence-corrected chi connectivity index (χ1v) is 16.5. The number of nitrogens with zero attached hydrogens (tertiary/aromatic N) is 1. The molecule has 3 aromatic carbocycles. The molecule has 2 amide bonds. The molecular formula is C30H22B9F2N3O5S. The maximum atomic E-state index is 13.8. The molecule has 0 saturated carbocycles. The van der Waals surface area contributed by atoms with Crippen molar-refractivity contribution >= 4 is 109 Å². The summed E-state index contributed by atoms with van der Waals surface area (Å²) in [7, 11) is 50.5. The molecule has 18 radical (unpaired) electrons. The van der Waals surface area contributed by atoms with E-state index in [1.54, 1.807) is 0 Å². The van der Waals surface area contributed by atoms with Gasteiger partial charge in [-0.3, -0.25) is 13.9 Å². The van der Waals surface area contributed by atoms with Crippen LogP contribution in [0.2, 0.25) is 15.3 Å². The van der Waals surface area contributed by atoms with E-state index < -0.39 is 61.8 Å². The summed E-state index contributed by atoms with van der Waals surface area (Å²) in [5.74, 6) is -2.12. The average Bonchev–Trinajstić information content (AvgIpc) is 3.37. The number of rotatable bonds is 12. The van der Waals surface area contributed by atoms with Gasteiger partial charge in [-0.15, -0.1) is 15.3 Å². The van der Waals surface area contributed by atoms with Crippen LogP contribution >= 0.6 is 0 Å². The smallest absolute Gasteiger partial charge is 0.255 e. The van der Waals surface area contributed by atoms with Crippen LogP contribution in [0.1, 0.15) is 20.7 Å². The van der Waals surface area contributed by atoms with Gasteiger partial charge in [-0.1, -0.05) is 12.1 Å². The van der Waals surface area contributed by atoms with Crippen LogP contribution in [0, 0.1) is 5.82 Å². The van der Waals surface area contributed by atoms with Crippen LogP contribution in [0.3, 0.4) is 0 Å². The Morgan fingerprint density at radius 3 is 1.92 bits per heavy atom. The number of halogens is 2. The largest absolute Gasteiger partial charge is 0.455 e. The number of benzene rings is 3. The fraction of sp³-hybridized carbons (Fsp3) is 0.267. The molecule has 0 unspecified atom stereocenters. The van der Waals surface area contributed by atoms with E-state index in [1.165, 1.54) is 67.7 Å². The third kappa shape index (κ3) is 7.23. The number of carbonyl (C=O) groups is 2. The first-order chi connectivity index (χ1) is 23.0. The van der Waals surface area contributed by atoms with E-state index in [1.807, 2.05) is 0 Å². The van der Waals surface area contributed by atoms with E-state index in [0.29, 0.717) is 5.56 Å². The normalized spacial score (nSPS) is 12.8. The van der Waals surface area contributed by atoms with Gasteiger partial charge in [0.05, 0.1) is 94.7 Å². The summed E-state index contributed by atoms with van der Waals surface area (Å²) in [6, 6.07) is 13.4. The first-order valence-electron chi connectivity index (χ1n) is 14.6. The van der Waals surface area contributed by atoms with E-state index in [2.05, 4.69) is 10.6 Å². The minimum Gasteiger partial charge on any atom is -0.455 e. The molecule has 0 spiro atoms. The Kier molecular flexibility index (Phi) is 10.8. The number of furan rings is 1. The maximum Gasteiger partial charge on any atom is 0.255 e. The predicted molar refractivity (Wildman–Crippen MR) is 199 cm³/mol. The van der Waals surface area contributed by atoms with Gasteiger partial charge in [0.15, 0.2) is 0 Å². The van der Waals surface area contributed by atoms with Crippen LogP contribution in [0.15, 0.2) is 65.1 Å². The summed E-state index contributed by atoms with van der Waals surface area (Å²) >= 11 is 0. The Morgan fingerprint density at radius 1 is 0.840 bits per heavy atom. The van der Waals surface area contributed by atoms with Crippen LogP contribution in [0.5, 0.6) is 0 Å². The van der Waals surface area contributed by atoms with Gasteiger partial charge in [0.2, 0.25) is 10.0 Å². The van der Waals surface area contributed by atoms with Crippen molar-refractivity contribution in [1.29, 1.82) is 0 Å². The highest BCUT2D eigenvalue weighted by Gasteiger charge is 2.54. The van der Waals surface area contributed by atoms with Crippen molar-refractivity contribution < 1.29 is 31.2 Å². The van der Waals surface area contributed by atoms with Crippen LogP contribution in [-0.2, 0) is 10.0 Å². The van der Waals surface area contributed by atoms with Gasteiger partial charge >= 0.3 is 0 Å². The van der Waals surface area contributed by atoms with Crippen molar-refractivity contribution in [2.45, 2.75) is 20.9 Å². The van der Waals surface area contributed by atoms with E-state index in [-0.39, 0.29) is 44.7 Å². The number of carbonyl (C=O) groups excluding carboxylic acids is 2. The molecule has 8 nitrogen and oxygen atoms in total. The number of amides is 2. The number of anilines is 1. The fourth-order valence-corrected chi connectivity index (χ4v) is 6.70. The van der Waals surface area contributed by atoms with Gasteiger partial charge in [-0.05, 0) is 53.6 Å². The van der Waals surface area contributed by atoms with E-state index >= 15 is 0 Å². The lowest BCUT2D eigenvalue weighted by atomic mass is 9.12. The van der Waals surface area contributed by atoms with E-state index in [9.17, 15) is 26.8 Å². The number of hydrogen-bond donors (Lipinski definition) is 2. The second kappa shape index (κ2) is 13.8. The molecule has 234 valence electrons. The Hall–Kier alpha value is -3.67. The monoisotopic (exact) mass is 673 g/mol. The minimum atomic E-state index is -4.13. The molecule has 0 atom stereocenters. The third-order valence-electron chi connectivity index (χ3n) is 8.01. The summed E-state index contributed by atoms with van der Waals surface area (Å²) in [5, 5.41) is -2.82. The second-order valence-corrected chi connectivity index (χ2v) is 13.8. The van der Waals surface area contributed by atoms with Gasteiger partial charge in [0.25, 0.3) is 11.8 Å². The third-order valence-corrected chi connectivity index (χ3v) is 9.19. The fourth-order valence-electron chi connectivity index (χ4n) is 5.79. The van der Waals surface area contributed by atoms with Crippen LogP contribution in [0.4, 0.5) is 14.5 Å². The molecule has 50 heavy (non-hydrogen) atoms. The summed E-state index contributed by atoms with van der Waals surface area (Å²) in [4.78, 5) is 27.0. The standard InChI is InChI=1S/C30H22B9F2N3O5S/c1-42-26(46)23-20-13-19(16-4-3-5-17(12-16)25(45)43-27(28(31,32)33,29(34,35)36)30(37,38)39)21(44(11-10-40)50(2,47)48)14-22(20)49-24(23)15-6-8-18(41)9-7-15/h3-9,12-14H,10-11H2,1-2H3,(H,42,46)(H,43,45). The molecule has 4 rings (SSSR count). The highest BCUT2D eigenvalue weighted by molar-refractivity contribution is 7.92. The van der Waals surface area contributed by atoms with Crippen molar-refractivity contribution in [1.82, 2.24) is 10.6 Å². The van der Waals surface area contributed by atoms with Crippen molar-refractivity contribution in [2.75, 3.05) is 30.8 Å². The lowest BCUT2D eigenvalue weighted by Crippen LogP contribution is -2.71. The van der Waals surface area contributed by atoms with Crippen molar-refractivity contribution in [3.8, 4) is 22.5 Å². The number of sulfonamides is 1. The van der Waals surface area contributed by atoms with Crippen LogP contribution in [0.25, 0.3) is 33.4 Å². The summed E-state index contributed by atoms with van der Waals surface area (Å²) in [6.07, 6.45) is 0.873. The molecule has 1 heterocycles. The molecule has 2 N–H and O–H groups in total. The maximum absolute atomic E-state index is 13.8. The highest BCUT2D eigenvalue weighted by Crippen LogP contribution is 2.53. The van der Waals surface area contributed by atoms with Gasteiger partial charge in [-0.2, -0.15) is 0 Å². The quantitative estimate of drug-likeness (QED) is 0.220. The number of nitrogens with one attached hydrogen (secondary N) is 2. The van der Waals surface area contributed by atoms with Crippen molar-refractivity contribution in [3.63, 3.8) is 0 Å². The first kappa shape index (κ1) is 39.1. The van der Waals surface area contributed by atoms with Crippen molar-refractivity contribution in [2.24, 2.45) is 0 Å². The summed E-state index contributed by atoms with van der Waals surface area (Å²) < 4.78 is 60.5. The zero-order valence-corrected chi connectivity index (χ0v) is 27.9. The van der Waals surface area contributed by atoms with Gasteiger partial charge in [0, 0.05) is 35.2 Å². The molecule has 20 heteroatoms. The molecule has 0 fully saturated rings. The van der Waals surface area contributed by atoms with Crippen molar-refractivity contribution in [3.05, 3.63) is 77.6 Å². The van der Waals surface area contributed by atoms with Gasteiger partial charge in [0.1, 0.15) is 23.8 Å². The molecular weight excluding hydrogens is 650 g/mol. The van der Waals surface area contributed by atoms with Crippen LogP contribution < -0.4 is 14.9 Å². The number of hydrogen-bond acceptors (Lipinski definition) is 5. The van der Waals surface area contributed by atoms with E-state index in [0.717, 1.165) is 10.6 Å². The zero-order chi connectivity index (χ0) is 37.6. The minimum absolute atomic E-state index is 0.0255. The molecule has 0 bridgehead atoms. The molecule has 1 aromatic heterocycles. The van der Waals surface area contributed by atoms with E-state index in [4.69, 9.17) is 75.0 Å². The molecule has 0 saturated heterocycles. The lowest BCUT2D eigenvalue weighted by molar-refractivity contribution is 0.0895. The predicted octanol–water partition coefficient (Wildman–Crippen LogP) is 1.21. The van der Waals surface area contributed by atoms with Gasteiger partial charge in [-0.25, -0.2) is 17.2 Å². The van der Waals surface area contributed by atoms with Gasteiger partial charge < -0.3 is 15.1 Å². The molecule has 0 aliphatic heterocycles. The zero-order valence-electron chi connectivity index (χ0n) is 27.0. The molecule has 0 aliphatic carbocycles. The topological polar surface area (TPSA) is 109 Å². The van der Waals surface area contributed by atoms with Crippen LogP contribution in [-0.4, -0.2) is 123 Å². The molecule has 4 aromatic rings. The number of alkyl halides is 1. The second-order valence-electron chi connectivity index (χ2n) is 11.9. The summed E-state index contributed by atoms with van der Waals surface area (Å²) in [6.45, 7) is -1.68. The molecule has 0 aliphatic rings. The highest BCUT2D eigenvalue weighted by atomic mass is 32.2. The lowest BCUT2D eigenvalue weighted by Gasteiger charge is -2.65. The SMILES string of the molecule is [B]C([B])([B])C(NC(=O)c1cccc(-c2cc3c(C(=O)NC)c(-c4ccc(F)cc4)oc3cc2N(CCF)S(C)(=O)=O)c1)(C([B])([B])[B])C([B])([B])[B]. The Labute approximate surface area is 301 Å².